The zero-order valence-electron chi connectivity index (χ0n) is 12.2. The quantitative estimate of drug-likeness (QED) is 0.691. The van der Waals surface area contributed by atoms with Gasteiger partial charge in [-0.2, -0.15) is 0 Å². The Balaban J connectivity index is 3.14. The van der Waals surface area contributed by atoms with Gasteiger partial charge in [-0.3, -0.25) is 4.90 Å². The predicted octanol–water partition coefficient (Wildman–Crippen LogP) is 4.16. The summed E-state index contributed by atoms with van der Waals surface area (Å²) in [6.45, 7) is 16.0. The monoisotopic (exact) mass is 221 g/mol. The topological polar surface area (TPSA) is 3.24 Å². The number of hydrogen-bond acceptors (Lipinski definition) is 1. The molecule has 0 atom stereocenters. The normalized spacial score (nSPS) is 18.4. The zero-order chi connectivity index (χ0) is 12.7. The van der Waals surface area contributed by atoms with Crippen LogP contribution in [0.1, 0.15) is 54.9 Å². The molecule has 0 amide bonds. The van der Waals surface area contributed by atoms with Gasteiger partial charge in [0.2, 0.25) is 0 Å². The average Bonchev–Trinajstić information content (AvgIpc) is 2.39. The second kappa shape index (κ2) is 4.37. The van der Waals surface area contributed by atoms with Crippen molar-refractivity contribution in [3.05, 3.63) is 22.3 Å². The molecule has 0 heterocycles. The molecule has 1 nitrogen and oxygen atoms in total. The molecule has 0 unspecified atom stereocenters. The van der Waals surface area contributed by atoms with Gasteiger partial charge in [-0.15, -0.1) is 0 Å². The molecule has 0 aromatic carbocycles. The molecule has 1 heteroatoms. The van der Waals surface area contributed by atoms with Gasteiger partial charge < -0.3 is 0 Å². The van der Waals surface area contributed by atoms with Gasteiger partial charge in [0.1, 0.15) is 0 Å². The van der Waals surface area contributed by atoms with Crippen LogP contribution < -0.4 is 0 Å². The van der Waals surface area contributed by atoms with Gasteiger partial charge in [0, 0.05) is 11.6 Å². The number of rotatable bonds is 3. The molecule has 0 saturated heterocycles. The minimum atomic E-state index is 0.139. The molecule has 0 bridgehead atoms. The summed E-state index contributed by atoms with van der Waals surface area (Å²) < 4.78 is 0. The highest BCUT2D eigenvalue weighted by molar-refractivity contribution is 5.50. The van der Waals surface area contributed by atoms with Crippen molar-refractivity contribution in [3.63, 3.8) is 0 Å². The molecule has 0 fully saturated rings. The Morgan fingerprint density at radius 3 is 1.88 bits per heavy atom. The molecule has 0 aliphatic heterocycles. The molecule has 0 radical (unpaired) electrons. The molecule has 1 rings (SSSR count). The largest absolute Gasteiger partial charge is 0.295 e. The van der Waals surface area contributed by atoms with E-state index in [0.29, 0.717) is 6.04 Å². The second-order valence-corrected chi connectivity index (χ2v) is 6.00. The molecule has 16 heavy (non-hydrogen) atoms. The molecule has 92 valence electrons. The molecule has 0 N–H and O–H groups in total. The fraction of sp³-hybridized carbons (Fsp3) is 0.733. The van der Waals surface area contributed by atoms with Crippen LogP contribution in [0.5, 0.6) is 0 Å². The lowest BCUT2D eigenvalue weighted by Crippen LogP contribution is -2.46. The lowest BCUT2D eigenvalue weighted by molar-refractivity contribution is 0.152. The van der Waals surface area contributed by atoms with Crippen molar-refractivity contribution in [3.8, 4) is 0 Å². The summed E-state index contributed by atoms with van der Waals surface area (Å²) >= 11 is 0. The number of likely N-dealkylation sites (N-methyl/N-ethyl adjacent to an activating group) is 1. The first-order valence-corrected chi connectivity index (χ1v) is 6.29. The number of nitrogens with zero attached hydrogens (tertiary/aromatic N) is 1. The Morgan fingerprint density at radius 2 is 1.56 bits per heavy atom. The SMILES string of the molecule is CC1=C(C)C(C(C)(C)N(C)C(C)C)=C(C)C1. The van der Waals surface area contributed by atoms with Gasteiger partial charge in [-0.25, -0.2) is 0 Å². The van der Waals surface area contributed by atoms with E-state index in [1.54, 1.807) is 11.1 Å². The molecular formula is C15H27N. The highest BCUT2D eigenvalue weighted by Gasteiger charge is 2.34. The van der Waals surface area contributed by atoms with Gasteiger partial charge in [0.25, 0.3) is 0 Å². The molecule has 1 aliphatic carbocycles. The fourth-order valence-electron chi connectivity index (χ4n) is 2.96. The highest BCUT2D eigenvalue weighted by Crippen LogP contribution is 2.40. The fourth-order valence-corrected chi connectivity index (χ4v) is 2.96. The van der Waals surface area contributed by atoms with E-state index >= 15 is 0 Å². The lowest BCUT2D eigenvalue weighted by atomic mass is 9.85. The van der Waals surface area contributed by atoms with Gasteiger partial charge >= 0.3 is 0 Å². The van der Waals surface area contributed by atoms with Crippen LogP contribution in [0.3, 0.4) is 0 Å². The van der Waals surface area contributed by atoms with Crippen molar-refractivity contribution in [2.75, 3.05) is 7.05 Å². The Kier molecular flexibility index (Phi) is 3.69. The maximum absolute atomic E-state index is 2.47. The van der Waals surface area contributed by atoms with Crippen molar-refractivity contribution in [2.24, 2.45) is 0 Å². The van der Waals surface area contributed by atoms with Crippen LogP contribution in [-0.2, 0) is 0 Å². The first-order chi connectivity index (χ1) is 7.19. The highest BCUT2D eigenvalue weighted by atomic mass is 15.2. The van der Waals surface area contributed by atoms with E-state index in [0.717, 1.165) is 6.42 Å². The van der Waals surface area contributed by atoms with E-state index in [1.165, 1.54) is 11.1 Å². The van der Waals surface area contributed by atoms with Crippen LogP contribution in [0.15, 0.2) is 22.3 Å². The molecule has 0 spiro atoms. The summed E-state index contributed by atoms with van der Waals surface area (Å²) in [6.07, 6.45) is 1.16. The van der Waals surface area contributed by atoms with E-state index in [1.807, 2.05) is 0 Å². The van der Waals surface area contributed by atoms with E-state index < -0.39 is 0 Å². The van der Waals surface area contributed by atoms with Crippen LogP contribution in [0, 0.1) is 0 Å². The standard InChI is InChI=1S/C15H27N/c1-10(2)16(8)15(6,7)14-12(4)9-11(3)13(14)5/h10H,9H2,1-8H3. The Hall–Kier alpha value is -0.560. The first-order valence-electron chi connectivity index (χ1n) is 6.29. The van der Waals surface area contributed by atoms with Crippen molar-refractivity contribution < 1.29 is 0 Å². The predicted molar refractivity (Wildman–Crippen MR) is 72.7 cm³/mol. The van der Waals surface area contributed by atoms with Gasteiger partial charge in [-0.05, 0) is 73.1 Å². The molecule has 0 aromatic rings. The maximum atomic E-state index is 2.47. The third kappa shape index (κ3) is 2.10. The van der Waals surface area contributed by atoms with Gasteiger partial charge in [0.15, 0.2) is 0 Å². The summed E-state index contributed by atoms with van der Waals surface area (Å²) in [5, 5.41) is 0. The Morgan fingerprint density at radius 1 is 1.06 bits per heavy atom. The van der Waals surface area contributed by atoms with Crippen LogP contribution >= 0.6 is 0 Å². The van der Waals surface area contributed by atoms with Crippen LogP contribution in [0.25, 0.3) is 0 Å². The van der Waals surface area contributed by atoms with E-state index in [4.69, 9.17) is 0 Å². The number of hydrogen-bond donors (Lipinski definition) is 0. The summed E-state index contributed by atoms with van der Waals surface area (Å²) in [6, 6.07) is 0.573. The smallest absolute Gasteiger partial charge is 0.0406 e. The zero-order valence-corrected chi connectivity index (χ0v) is 12.2. The van der Waals surface area contributed by atoms with Crippen molar-refractivity contribution in [1.29, 1.82) is 0 Å². The Labute approximate surface area is 101 Å². The van der Waals surface area contributed by atoms with E-state index in [9.17, 15) is 0 Å². The minimum Gasteiger partial charge on any atom is -0.295 e. The average molecular weight is 221 g/mol. The second-order valence-electron chi connectivity index (χ2n) is 6.00. The van der Waals surface area contributed by atoms with Crippen LogP contribution in [-0.4, -0.2) is 23.5 Å². The third-order valence-corrected chi connectivity index (χ3v) is 4.24. The lowest BCUT2D eigenvalue weighted by Gasteiger charge is -2.41. The van der Waals surface area contributed by atoms with E-state index in [-0.39, 0.29) is 5.54 Å². The van der Waals surface area contributed by atoms with Gasteiger partial charge in [0.05, 0.1) is 0 Å². The van der Waals surface area contributed by atoms with Gasteiger partial charge in [-0.1, -0.05) is 11.1 Å². The Bertz CT molecular complexity index is 342. The third-order valence-electron chi connectivity index (χ3n) is 4.24. The summed E-state index contributed by atoms with van der Waals surface area (Å²) in [5.41, 5.74) is 6.29. The van der Waals surface area contributed by atoms with Crippen molar-refractivity contribution >= 4 is 0 Å². The molecule has 1 aliphatic rings. The minimum absolute atomic E-state index is 0.139. The maximum Gasteiger partial charge on any atom is 0.0406 e. The summed E-state index contributed by atoms with van der Waals surface area (Å²) in [5.74, 6) is 0. The summed E-state index contributed by atoms with van der Waals surface area (Å²) in [4.78, 5) is 2.47. The molecular weight excluding hydrogens is 194 g/mol. The van der Waals surface area contributed by atoms with Crippen molar-refractivity contribution in [1.82, 2.24) is 4.90 Å². The molecule has 0 aromatic heterocycles. The van der Waals surface area contributed by atoms with Crippen LogP contribution in [0.2, 0.25) is 0 Å². The first kappa shape index (κ1) is 13.5. The van der Waals surface area contributed by atoms with E-state index in [2.05, 4.69) is 60.4 Å². The number of allylic oxidation sites excluding steroid dienone is 2. The van der Waals surface area contributed by atoms with Crippen LogP contribution in [0.4, 0.5) is 0 Å². The molecule has 0 saturated carbocycles. The summed E-state index contributed by atoms with van der Waals surface area (Å²) in [7, 11) is 2.23. The van der Waals surface area contributed by atoms with Crippen molar-refractivity contribution in [2.45, 2.75) is 66.5 Å².